The van der Waals surface area contributed by atoms with Crippen LogP contribution in [0.25, 0.3) is 16.3 Å². The molecule has 3 rings (SSSR count). The molecule has 0 aliphatic carbocycles. The fourth-order valence-electron chi connectivity index (χ4n) is 1.95. The Morgan fingerprint density at radius 3 is 2.87 bits per heavy atom. The molecule has 0 radical (unpaired) electrons. The highest BCUT2D eigenvalue weighted by atomic mass is 32.1. The first-order valence-electron chi connectivity index (χ1n) is 6.81. The van der Waals surface area contributed by atoms with Crippen LogP contribution in [0.3, 0.4) is 0 Å². The number of anilines is 2. The van der Waals surface area contributed by atoms with E-state index >= 15 is 0 Å². The number of fused-ring (bicyclic) bond motifs is 1. The van der Waals surface area contributed by atoms with Gasteiger partial charge in [0.25, 0.3) is 0 Å². The second kappa shape index (κ2) is 6.45. The molecule has 0 atom stereocenters. The third-order valence-electron chi connectivity index (χ3n) is 2.88. The van der Waals surface area contributed by atoms with E-state index in [0.29, 0.717) is 16.6 Å². The van der Waals surface area contributed by atoms with Gasteiger partial charge in [0.05, 0.1) is 16.5 Å². The number of thiazole rings is 1. The Morgan fingerprint density at radius 1 is 1.26 bits per heavy atom. The molecule has 0 fully saturated rings. The summed E-state index contributed by atoms with van der Waals surface area (Å²) in [5.41, 5.74) is 1.46. The molecule has 0 aliphatic heterocycles. The molecule has 0 saturated carbocycles. The molecule has 2 heterocycles. The van der Waals surface area contributed by atoms with Crippen molar-refractivity contribution in [2.24, 2.45) is 0 Å². The lowest BCUT2D eigenvalue weighted by Crippen LogP contribution is -2.07. The maximum absolute atomic E-state index is 11.9. The van der Waals surface area contributed by atoms with Gasteiger partial charge in [0.2, 0.25) is 11.8 Å². The highest BCUT2D eigenvalue weighted by molar-refractivity contribution is 7.22. The van der Waals surface area contributed by atoms with Crippen LogP contribution in [0.4, 0.5) is 10.8 Å². The number of nitrogens with zero attached hydrogens (tertiary/aromatic N) is 1. The van der Waals surface area contributed by atoms with Crippen LogP contribution in [0.2, 0.25) is 0 Å². The summed E-state index contributed by atoms with van der Waals surface area (Å²) in [4.78, 5) is 27.3. The summed E-state index contributed by atoms with van der Waals surface area (Å²) in [6.07, 6.45) is 4.50. The Bertz CT molecular complexity index is 881. The highest BCUT2D eigenvalue weighted by Gasteiger charge is 2.07. The topological polar surface area (TPSA) is 84.2 Å². The van der Waals surface area contributed by atoms with Crippen molar-refractivity contribution >= 4 is 50.3 Å². The molecule has 6 nitrogen and oxygen atoms in total. The lowest BCUT2D eigenvalue weighted by Gasteiger charge is -1.99. The number of carbonyl (C=O) groups excluding carboxylic acids is 2. The van der Waals surface area contributed by atoms with Gasteiger partial charge >= 0.3 is 0 Å². The first-order valence-corrected chi connectivity index (χ1v) is 7.62. The van der Waals surface area contributed by atoms with E-state index in [1.165, 1.54) is 30.6 Å². The SMILES string of the molecule is CC(=O)Nc1ccc2nc(NC(=O)C=Cc3ccco3)sc2c1. The minimum atomic E-state index is -0.289. The first kappa shape index (κ1) is 15.0. The Labute approximate surface area is 135 Å². The van der Waals surface area contributed by atoms with Crippen LogP contribution in [0.1, 0.15) is 12.7 Å². The quantitative estimate of drug-likeness (QED) is 0.718. The minimum Gasteiger partial charge on any atom is -0.465 e. The molecule has 2 amide bonds. The molecule has 2 aromatic heterocycles. The fourth-order valence-corrected chi connectivity index (χ4v) is 2.86. The lowest BCUT2D eigenvalue weighted by atomic mass is 10.3. The van der Waals surface area contributed by atoms with Crippen LogP contribution in [0.5, 0.6) is 0 Å². The van der Waals surface area contributed by atoms with Crippen molar-refractivity contribution in [2.45, 2.75) is 6.92 Å². The summed E-state index contributed by atoms with van der Waals surface area (Å²) < 4.78 is 5.99. The van der Waals surface area contributed by atoms with Gasteiger partial charge in [0.15, 0.2) is 5.13 Å². The summed E-state index contributed by atoms with van der Waals surface area (Å²) in [5, 5.41) is 5.92. The number of furan rings is 1. The molecule has 1 aromatic carbocycles. The summed E-state index contributed by atoms with van der Waals surface area (Å²) in [6, 6.07) is 8.89. The normalized spacial score (nSPS) is 11.0. The third-order valence-corrected chi connectivity index (χ3v) is 3.81. The fraction of sp³-hybridized carbons (Fsp3) is 0.0625. The summed E-state index contributed by atoms with van der Waals surface area (Å²) in [6.45, 7) is 1.45. The smallest absolute Gasteiger partial charge is 0.250 e. The van der Waals surface area contributed by atoms with Crippen LogP contribution >= 0.6 is 11.3 Å². The van der Waals surface area contributed by atoms with Crippen molar-refractivity contribution in [3.63, 3.8) is 0 Å². The van der Waals surface area contributed by atoms with E-state index in [4.69, 9.17) is 4.42 Å². The number of hydrogen-bond acceptors (Lipinski definition) is 5. The van der Waals surface area contributed by atoms with E-state index in [0.717, 1.165) is 10.2 Å². The predicted molar refractivity (Wildman–Crippen MR) is 90.3 cm³/mol. The van der Waals surface area contributed by atoms with Gasteiger partial charge in [-0.1, -0.05) is 11.3 Å². The van der Waals surface area contributed by atoms with Gasteiger partial charge in [0, 0.05) is 18.7 Å². The van der Waals surface area contributed by atoms with Crippen LogP contribution < -0.4 is 10.6 Å². The molecular weight excluding hydrogens is 314 g/mol. The van der Waals surface area contributed by atoms with Crippen molar-refractivity contribution in [3.05, 3.63) is 48.4 Å². The standard InChI is InChI=1S/C16H13N3O3S/c1-10(20)17-11-4-6-13-14(9-11)23-16(18-13)19-15(21)7-5-12-3-2-8-22-12/h2-9H,1H3,(H,17,20)(H,18,19,21). The van der Waals surface area contributed by atoms with E-state index in [9.17, 15) is 9.59 Å². The van der Waals surface area contributed by atoms with E-state index in [2.05, 4.69) is 15.6 Å². The Balaban J connectivity index is 1.72. The Kier molecular flexibility index (Phi) is 4.20. The Morgan fingerprint density at radius 2 is 2.13 bits per heavy atom. The Hall–Kier alpha value is -2.93. The second-order valence-electron chi connectivity index (χ2n) is 4.72. The van der Waals surface area contributed by atoms with Crippen molar-refractivity contribution in [2.75, 3.05) is 10.6 Å². The van der Waals surface area contributed by atoms with Crippen LogP contribution in [-0.2, 0) is 9.59 Å². The van der Waals surface area contributed by atoms with Gasteiger partial charge in [0.1, 0.15) is 5.76 Å². The van der Waals surface area contributed by atoms with E-state index in [1.807, 2.05) is 6.07 Å². The number of rotatable bonds is 4. The maximum Gasteiger partial charge on any atom is 0.250 e. The largest absolute Gasteiger partial charge is 0.465 e. The van der Waals surface area contributed by atoms with E-state index in [-0.39, 0.29) is 11.8 Å². The highest BCUT2D eigenvalue weighted by Crippen LogP contribution is 2.28. The number of carbonyl (C=O) groups is 2. The molecule has 0 saturated heterocycles. The first-order chi connectivity index (χ1) is 11.1. The minimum absolute atomic E-state index is 0.134. The lowest BCUT2D eigenvalue weighted by molar-refractivity contribution is -0.114. The number of amides is 2. The average molecular weight is 327 g/mol. The molecular formula is C16H13N3O3S. The number of aromatic nitrogens is 1. The zero-order valence-corrected chi connectivity index (χ0v) is 13.0. The molecule has 3 aromatic rings. The molecule has 116 valence electrons. The van der Waals surface area contributed by atoms with Gasteiger partial charge in [-0.05, 0) is 36.4 Å². The van der Waals surface area contributed by atoms with Crippen molar-refractivity contribution < 1.29 is 14.0 Å². The summed E-state index contributed by atoms with van der Waals surface area (Å²) >= 11 is 1.34. The molecule has 23 heavy (non-hydrogen) atoms. The molecule has 2 N–H and O–H groups in total. The van der Waals surface area contributed by atoms with E-state index < -0.39 is 0 Å². The van der Waals surface area contributed by atoms with Gasteiger partial charge in [-0.3, -0.25) is 14.9 Å². The molecule has 7 heteroatoms. The van der Waals surface area contributed by atoms with Crippen LogP contribution in [0, 0.1) is 0 Å². The van der Waals surface area contributed by atoms with Gasteiger partial charge in [-0.2, -0.15) is 0 Å². The predicted octanol–water partition coefficient (Wildman–Crippen LogP) is 3.50. The molecule has 0 aliphatic rings. The molecule has 0 bridgehead atoms. The van der Waals surface area contributed by atoms with Crippen LogP contribution in [0.15, 0.2) is 47.1 Å². The summed E-state index contributed by atoms with van der Waals surface area (Å²) in [5.74, 6) is 0.178. The number of hydrogen-bond donors (Lipinski definition) is 2. The van der Waals surface area contributed by atoms with Crippen molar-refractivity contribution in [3.8, 4) is 0 Å². The number of nitrogens with one attached hydrogen (secondary N) is 2. The van der Waals surface area contributed by atoms with Crippen LogP contribution in [-0.4, -0.2) is 16.8 Å². The average Bonchev–Trinajstić information content (AvgIpc) is 3.12. The third kappa shape index (κ3) is 3.83. The molecule has 0 spiro atoms. The zero-order valence-electron chi connectivity index (χ0n) is 12.2. The van der Waals surface area contributed by atoms with Gasteiger partial charge < -0.3 is 9.73 Å². The van der Waals surface area contributed by atoms with E-state index in [1.54, 1.807) is 30.3 Å². The zero-order chi connectivity index (χ0) is 16.2. The van der Waals surface area contributed by atoms with Crippen molar-refractivity contribution in [1.29, 1.82) is 0 Å². The van der Waals surface area contributed by atoms with Crippen molar-refractivity contribution in [1.82, 2.24) is 4.98 Å². The monoisotopic (exact) mass is 327 g/mol. The second-order valence-corrected chi connectivity index (χ2v) is 5.75. The van der Waals surface area contributed by atoms with Gasteiger partial charge in [-0.15, -0.1) is 0 Å². The molecule has 0 unspecified atom stereocenters. The number of benzene rings is 1. The maximum atomic E-state index is 11.9. The van der Waals surface area contributed by atoms with Gasteiger partial charge in [-0.25, -0.2) is 4.98 Å². The summed E-state index contributed by atoms with van der Waals surface area (Å²) in [7, 11) is 0.